The van der Waals surface area contributed by atoms with Crippen molar-refractivity contribution < 1.29 is 9.32 Å². The molecule has 6 nitrogen and oxygen atoms in total. The molecule has 2 bridgehead atoms. The first kappa shape index (κ1) is 13.2. The summed E-state index contributed by atoms with van der Waals surface area (Å²) in [6.07, 6.45) is 8.60. The van der Waals surface area contributed by atoms with E-state index in [0.717, 1.165) is 6.42 Å². The van der Waals surface area contributed by atoms with Gasteiger partial charge in [-0.2, -0.15) is 4.98 Å². The Morgan fingerprint density at radius 2 is 2.27 bits per heavy atom. The Labute approximate surface area is 127 Å². The number of hydrogen-bond acceptors (Lipinski definition) is 5. The molecule has 22 heavy (non-hydrogen) atoms. The topological polar surface area (TPSA) is 80.9 Å². The molecule has 2 aromatic rings. The van der Waals surface area contributed by atoms with Gasteiger partial charge in [-0.15, -0.1) is 0 Å². The smallest absolute Gasteiger partial charge is 0.316 e. The molecule has 0 aromatic carbocycles. The van der Waals surface area contributed by atoms with Crippen molar-refractivity contribution in [2.45, 2.75) is 12.8 Å². The van der Waals surface area contributed by atoms with Gasteiger partial charge in [0.05, 0.1) is 0 Å². The van der Waals surface area contributed by atoms with Crippen molar-refractivity contribution in [1.82, 2.24) is 20.4 Å². The van der Waals surface area contributed by atoms with Crippen molar-refractivity contribution in [1.29, 1.82) is 0 Å². The maximum absolute atomic E-state index is 12.1. The standard InChI is InChI=1S/C16H16N4O2/c21-15(18-9-12-8-10-4-5-11(12)7-10)16-19-14(20-22-16)13-3-1-2-6-17-13/h1-6,10-12H,7-9H2,(H,18,21)/t10-,11+,12-/m1/s1. The highest BCUT2D eigenvalue weighted by atomic mass is 16.5. The first-order chi connectivity index (χ1) is 10.8. The van der Waals surface area contributed by atoms with Crippen molar-refractivity contribution in [3.63, 3.8) is 0 Å². The molecule has 4 rings (SSSR count). The van der Waals surface area contributed by atoms with Crippen LogP contribution in [0, 0.1) is 17.8 Å². The Hall–Kier alpha value is -2.50. The molecule has 1 saturated carbocycles. The fourth-order valence-corrected chi connectivity index (χ4v) is 3.34. The van der Waals surface area contributed by atoms with E-state index in [0.29, 0.717) is 35.8 Å². The Morgan fingerprint density at radius 3 is 3.00 bits per heavy atom. The van der Waals surface area contributed by atoms with Gasteiger partial charge in [-0.05, 0) is 42.7 Å². The number of hydrogen-bond donors (Lipinski definition) is 1. The van der Waals surface area contributed by atoms with Gasteiger partial charge in [0.25, 0.3) is 0 Å². The zero-order valence-corrected chi connectivity index (χ0v) is 12.0. The average Bonchev–Trinajstić information content (AvgIpc) is 3.29. The molecule has 2 aliphatic rings. The van der Waals surface area contributed by atoms with Crippen LogP contribution in [0.2, 0.25) is 0 Å². The van der Waals surface area contributed by atoms with Crippen LogP contribution in [-0.4, -0.2) is 27.6 Å². The van der Waals surface area contributed by atoms with Crippen LogP contribution >= 0.6 is 0 Å². The molecule has 3 atom stereocenters. The summed E-state index contributed by atoms with van der Waals surface area (Å²) in [5, 5.41) is 6.71. The number of aromatic nitrogens is 3. The second-order valence-electron chi connectivity index (χ2n) is 5.89. The maximum Gasteiger partial charge on any atom is 0.316 e. The third-order valence-electron chi connectivity index (χ3n) is 4.46. The fourth-order valence-electron chi connectivity index (χ4n) is 3.34. The Morgan fingerprint density at radius 1 is 1.32 bits per heavy atom. The number of rotatable bonds is 4. The van der Waals surface area contributed by atoms with E-state index in [1.165, 1.54) is 6.42 Å². The largest absolute Gasteiger partial charge is 0.348 e. The molecule has 6 heteroatoms. The van der Waals surface area contributed by atoms with Crippen LogP contribution < -0.4 is 5.32 Å². The van der Waals surface area contributed by atoms with Crippen LogP contribution in [0.4, 0.5) is 0 Å². The lowest BCUT2D eigenvalue weighted by molar-refractivity contribution is 0.0901. The van der Waals surface area contributed by atoms with Gasteiger partial charge in [-0.3, -0.25) is 9.78 Å². The van der Waals surface area contributed by atoms with Gasteiger partial charge in [0.15, 0.2) is 0 Å². The molecule has 2 heterocycles. The first-order valence-electron chi connectivity index (χ1n) is 7.51. The van der Waals surface area contributed by atoms with E-state index >= 15 is 0 Å². The second-order valence-corrected chi connectivity index (χ2v) is 5.89. The van der Waals surface area contributed by atoms with Crippen LogP contribution in [-0.2, 0) is 0 Å². The van der Waals surface area contributed by atoms with Crippen molar-refractivity contribution in [2.75, 3.05) is 6.54 Å². The summed E-state index contributed by atoms with van der Waals surface area (Å²) in [5.74, 6) is 1.83. The van der Waals surface area contributed by atoms with Crippen LogP contribution in [0.15, 0.2) is 41.1 Å². The van der Waals surface area contributed by atoms with Crippen LogP contribution in [0.3, 0.4) is 0 Å². The third-order valence-corrected chi connectivity index (χ3v) is 4.46. The third kappa shape index (κ3) is 2.41. The number of amides is 1. The number of nitrogens with zero attached hydrogens (tertiary/aromatic N) is 3. The lowest BCUT2D eigenvalue weighted by atomic mass is 9.94. The van der Waals surface area contributed by atoms with E-state index in [1.807, 2.05) is 6.07 Å². The number of fused-ring (bicyclic) bond motifs is 2. The predicted octanol–water partition coefficient (Wildman–Crippen LogP) is 2.07. The molecular weight excluding hydrogens is 280 g/mol. The second kappa shape index (κ2) is 5.36. The summed E-state index contributed by atoms with van der Waals surface area (Å²) in [6.45, 7) is 0.658. The molecule has 0 radical (unpaired) electrons. The van der Waals surface area contributed by atoms with E-state index in [2.05, 4.69) is 32.6 Å². The summed E-state index contributed by atoms with van der Waals surface area (Å²) in [7, 11) is 0. The fraction of sp³-hybridized carbons (Fsp3) is 0.375. The Balaban J connectivity index is 1.39. The Kier molecular flexibility index (Phi) is 3.21. The zero-order valence-electron chi connectivity index (χ0n) is 12.0. The van der Waals surface area contributed by atoms with Gasteiger partial charge >= 0.3 is 11.8 Å². The van der Waals surface area contributed by atoms with Crippen molar-refractivity contribution >= 4 is 5.91 Å². The van der Waals surface area contributed by atoms with Gasteiger partial charge in [-0.1, -0.05) is 23.4 Å². The summed E-state index contributed by atoms with van der Waals surface area (Å²) < 4.78 is 5.03. The van der Waals surface area contributed by atoms with E-state index in [1.54, 1.807) is 18.3 Å². The summed E-state index contributed by atoms with van der Waals surface area (Å²) in [5.41, 5.74) is 0.587. The number of allylic oxidation sites excluding steroid dienone is 2. The van der Waals surface area contributed by atoms with Gasteiger partial charge in [-0.25, -0.2) is 0 Å². The van der Waals surface area contributed by atoms with Gasteiger partial charge in [0.1, 0.15) is 5.69 Å². The van der Waals surface area contributed by atoms with E-state index in [4.69, 9.17) is 4.52 Å². The number of pyridine rings is 1. The highest BCUT2D eigenvalue weighted by Crippen LogP contribution is 2.42. The summed E-state index contributed by atoms with van der Waals surface area (Å²) >= 11 is 0. The van der Waals surface area contributed by atoms with Crippen molar-refractivity contribution in [3.8, 4) is 11.5 Å². The number of nitrogens with one attached hydrogen (secondary N) is 1. The van der Waals surface area contributed by atoms with Crippen molar-refractivity contribution in [3.05, 3.63) is 42.4 Å². The molecule has 1 amide bonds. The molecule has 0 aliphatic heterocycles. The average molecular weight is 296 g/mol. The minimum absolute atomic E-state index is 0.0145. The highest BCUT2D eigenvalue weighted by molar-refractivity contribution is 5.89. The molecule has 1 N–H and O–H groups in total. The lowest BCUT2D eigenvalue weighted by Crippen LogP contribution is -2.31. The van der Waals surface area contributed by atoms with E-state index in [9.17, 15) is 4.79 Å². The van der Waals surface area contributed by atoms with Gasteiger partial charge in [0.2, 0.25) is 5.82 Å². The van der Waals surface area contributed by atoms with Gasteiger partial charge in [0, 0.05) is 12.7 Å². The normalized spacial score (nSPS) is 25.5. The molecular formula is C16H16N4O2. The molecule has 1 fully saturated rings. The lowest BCUT2D eigenvalue weighted by Gasteiger charge is -2.17. The van der Waals surface area contributed by atoms with Crippen molar-refractivity contribution in [2.24, 2.45) is 17.8 Å². The summed E-state index contributed by atoms with van der Waals surface area (Å²) in [6, 6.07) is 5.41. The molecule has 0 spiro atoms. The number of carbonyl (C=O) groups is 1. The predicted molar refractivity (Wildman–Crippen MR) is 78.7 cm³/mol. The quantitative estimate of drug-likeness (QED) is 0.874. The van der Waals surface area contributed by atoms with Gasteiger partial charge < -0.3 is 9.84 Å². The molecule has 0 saturated heterocycles. The van der Waals surface area contributed by atoms with E-state index < -0.39 is 0 Å². The molecule has 112 valence electrons. The molecule has 2 aliphatic carbocycles. The molecule has 0 unspecified atom stereocenters. The maximum atomic E-state index is 12.1. The first-order valence-corrected chi connectivity index (χ1v) is 7.51. The molecule has 2 aromatic heterocycles. The van der Waals surface area contributed by atoms with E-state index in [-0.39, 0.29) is 11.8 Å². The van der Waals surface area contributed by atoms with Crippen LogP contribution in [0.25, 0.3) is 11.5 Å². The Bertz CT molecular complexity index is 710. The summed E-state index contributed by atoms with van der Waals surface area (Å²) in [4.78, 5) is 20.3. The monoisotopic (exact) mass is 296 g/mol. The SMILES string of the molecule is O=C(NC[C@H]1C[C@@H]2C=C[C@H]1C2)c1nc(-c2ccccn2)no1. The minimum Gasteiger partial charge on any atom is -0.348 e. The van der Waals surface area contributed by atoms with Crippen LogP contribution in [0.1, 0.15) is 23.5 Å². The minimum atomic E-state index is -0.318. The van der Waals surface area contributed by atoms with Crippen LogP contribution in [0.5, 0.6) is 0 Å². The highest BCUT2D eigenvalue weighted by Gasteiger charge is 2.35. The number of carbonyl (C=O) groups excluding carboxylic acids is 1. The zero-order chi connectivity index (χ0) is 14.9.